The summed E-state index contributed by atoms with van der Waals surface area (Å²) >= 11 is 0. The highest BCUT2D eigenvalue weighted by atomic mass is 16.5. The molecule has 1 heterocycles. The average molecular weight is 315 g/mol. The smallest absolute Gasteiger partial charge is 0.340 e. The highest BCUT2D eigenvalue weighted by Gasteiger charge is 2.38. The molecule has 0 fully saturated rings. The number of carbonyl (C=O) groups is 2. The average Bonchev–Trinajstić information content (AvgIpc) is 2.78. The third-order valence-electron chi connectivity index (χ3n) is 3.77. The zero-order valence-electron chi connectivity index (χ0n) is 14.0. The first-order chi connectivity index (χ1) is 10.9. The van der Waals surface area contributed by atoms with Crippen molar-refractivity contribution in [2.75, 3.05) is 14.2 Å². The molecule has 23 heavy (non-hydrogen) atoms. The van der Waals surface area contributed by atoms with Crippen molar-refractivity contribution >= 4 is 18.0 Å². The molecule has 0 spiro atoms. The van der Waals surface area contributed by atoms with Gasteiger partial charge in [0.15, 0.2) is 0 Å². The summed E-state index contributed by atoms with van der Waals surface area (Å²) in [6.07, 6.45) is 1.71. The van der Waals surface area contributed by atoms with Crippen LogP contribution in [0.2, 0.25) is 0 Å². The number of ether oxygens (including phenoxy) is 2. The van der Waals surface area contributed by atoms with Crippen LogP contribution in [0.15, 0.2) is 41.1 Å². The number of esters is 1. The van der Waals surface area contributed by atoms with E-state index in [4.69, 9.17) is 9.47 Å². The predicted molar refractivity (Wildman–Crippen MR) is 87.7 cm³/mol. The van der Waals surface area contributed by atoms with Crippen LogP contribution >= 0.6 is 0 Å². The summed E-state index contributed by atoms with van der Waals surface area (Å²) in [7, 11) is 2.91. The lowest BCUT2D eigenvalue weighted by atomic mass is 10.0. The quantitative estimate of drug-likeness (QED) is 0.633. The van der Waals surface area contributed by atoms with Gasteiger partial charge in [0.05, 0.1) is 25.4 Å². The van der Waals surface area contributed by atoms with Gasteiger partial charge in [0.1, 0.15) is 5.75 Å². The Bertz CT molecular complexity index is 683. The Hall–Kier alpha value is -2.56. The fraction of sp³-hybridized carbons (Fsp3) is 0.333. The molecule has 0 radical (unpaired) electrons. The molecule has 0 saturated carbocycles. The predicted octanol–water partition coefficient (Wildman–Crippen LogP) is 2.78. The molecule has 0 saturated heterocycles. The highest BCUT2D eigenvalue weighted by molar-refractivity contribution is 6.16. The molecule has 1 aromatic rings. The molecule has 2 rings (SSSR count). The lowest BCUT2D eigenvalue weighted by Gasteiger charge is -2.22. The molecular weight excluding hydrogens is 294 g/mol. The van der Waals surface area contributed by atoms with Gasteiger partial charge in [-0.3, -0.25) is 4.79 Å². The number of benzene rings is 1. The molecule has 0 atom stereocenters. The SMILES string of the molecule is COC(=O)C1=C(C)N(C(C)C)C(=O)/C1=C\c1ccc(OC)cc1. The monoisotopic (exact) mass is 315 g/mol. The summed E-state index contributed by atoms with van der Waals surface area (Å²) in [4.78, 5) is 26.4. The van der Waals surface area contributed by atoms with Crippen LogP contribution < -0.4 is 4.74 Å². The van der Waals surface area contributed by atoms with Gasteiger partial charge in [-0.25, -0.2) is 4.79 Å². The van der Waals surface area contributed by atoms with Gasteiger partial charge in [0.25, 0.3) is 5.91 Å². The topological polar surface area (TPSA) is 55.8 Å². The van der Waals surface area contributed by atoms with Crippen molar-refractivity contribution in [3.8, 4) is 5.75 Å². The minimum atomic E-state index is -0.501. The Morgan fingerprint density at radius 3 is 2.26 bits per heavy atom. The number of allylic oxidation sites excluding steroid dienone is 1. The minimum Gasteiger partial charge on any atom is -0.497 e. The molecule has 122 valence electrons. The molecule has 1 aliphatic heterocycles. The van der Waals surface area contributed by atoms with Crippen molar-refractivity contribution in [3.05, 3.63) is 46.7 Å². The lowest BCUT2D eigenvalue weighted by molar-refractivity contribution is -0.136. The maximum Gasteiger partial charge on any atom is 0.340 e. The number of hydrogen-bond donors (Lipinski definition) is 0. The largest absolute Gasteiger partial charge is 0.497 e. The number of nitrogens with zero attached hydrogens (tertiary/aromatic N) is 1. The number of methoxy groups -OCH3 is 2. The molecule has 0 aromatic heterocycles. The molecule has 1 aromatic carbocycles. The molecule has 0 bridgehead atoms. The first kappa shape index (κ1) is 16.8. The van der Waals surface area contributed by atoms with Crippen molar-refractivity contribution in [3.63, 3.8) is 0 Å². The molecule has 1 amide bonds. The van der Waals surface area contributed by atoms with Crippen LogP contribution in [0, 0.1) is 0 Å². The van der Waals surface area contributed by atoms with E-state index in [1.54, 1.807) is 37.1 Å². The van der Waals surface area contributed by atoms with Gasteiger partial charge in [-0.15, -0.1) is 0 Å². The second-order valence-corrected chi connectivity index (χ2v) is 5.55. The van der Waals surface area contributed by atoms with Crippen molar-refractivity contribution in [2.45, 2.75) is 26.8 Å². The van der Waals surface area contributed by atoms with Gasteiger partial charge < -0.3 is 14.4 Å². The van der Waals surface area contributed by atoms with Crippen LogP contribution in [-0.2, 0) is 14.3 Å². The van der Waals surface area contributed by atoms with Crippen LogP contribution in [-0.4, -0.2) is 37.0 Å². The Morgan fingerprint density at radius 1 is 1.17 bits per heavy atom. The fourth-order valence-electron chi connectivity index (χ4n) is 2.69. The summed E-state index contributed by atoms with van der Waals surface area (Å²) < 4.78 is 9.97. The maximum absolute atomic E-state index is 12.7. The van der Waals surface area contributed by atoms with Crippen LogP contribution in [0.25, 0.3) is 6.08 Å². The van der Waals surface area contributed by atoms with E-state index in [9.17, 15) is 9.59 Å². The fourth-order valence-corrected chi connectivity index (χ4v) is 2.69. The van der Waals surface area contributed by atoms with Gasteiger partial charge >= 0.3 is 5.97 Å². The summed E-state index contributed by atoms with van der Waals surface area (Å²) in [6.45, 7) is 5.58. The van der Waals surface area contributed by atoms with E-state index in [1.807, 2.05) is 26.0 Å². The molecule has 0 aliphatic carbocycles. The maximum atomic E-state index is 12.7. The zero-order chi connectivity index (χ0) is 17.1. The van der Waals surface area contributed by atoms with E-state index in [1.165, 1.54) is 7.11 Å². The number of amides is 1. The minimum absolute atomic E-state index is 0.0380. The first-order valence-electron chi connectivity index (χ1n) is 7.39. The standard InChI is InChI=1S/C18H21NO4/c1-11(2)19-12(3)16(18(21)23-5)15(17(19)20)10-13-6-8-14(22-4)9-7-13/h6-11H,1-5H3/b15-10-. The van der Waals surface area contributed by atoms with Gasteiger partial charge in [0.2, 0.25) is 0 Å². The van der Waals surface area contributed by atoms with Gasteiger partial charge in [-0.1, -0.05) is 12.1 Å². The van der Waals surface area contributed by atoms with E-state index in [-0.39, 0.29) is 11.9 Å². The van der Waals surface area contributed by atoms with Gasteiger partial charge in [-0.05, 0) is 44.5 Å². The Balaban J connectivity index is 2.51. The van der Waals surface area contributed by atoms with Crippen molar-refractivity contribution < 1.29 is 19.1 Å². The van der Waals surface area contributed by atoms with E-state index in [0.717, 1.165) is 11.3 Å². The van der Waals surface area contributed by atoms with E-state index < -0.39 is 5.97 Å². The molecule has 0 unspecified atom stereocenters. The van der Waals surface area contributed by atoms with Crippen LogP contribution in [0.3, 0.4) is 0 Å². The Morgan fingerprint density at radius 2 is 1.78 bits per heavy atom. The number of hydrogen-bond acceptors (Lipinski definition) is 4. The van der Waals surface area contributed by atoms with E-state index in [2.05, 4.69) is 0 Å². The molecule has 5 nitrogen and oxygen atoms in total. The van der Waals surface area contributed by atoms with E-state index >= 15 is 0 Å². The second-order valence-electron chi connectivity index (χ2n) is 5.55. The third-order valence-corrected chi connectivity index (χ3v) is 3.77. The molecular formula is C18H21NO4. The lowest BCUT2D eigenvalue weighted by Crippen LogP contribution is -2.31. The summed E-state index contributed by atoms with van der Waals surface area (Å²) in [6, 6.07) is 7.24. The normalized spacial score (nSPS) is 16.5. The number of carbonyl (C=O) groups excluding carboxylic acids is 2. The van der Waals surface area contributed by atoms with Gasteiger partial charge in [0, 0.05) is 11.7 Å². The Kier molecular flexibility index (Phi) is 4.89. The summed E-state index contributed by atoms with van der Waals surface area (Å²) in [5, 5.41) is 0. The summed E-state index contributed by atoms with van der Waals surface area (Å²) in [5.41, 5.74) is 2.11. The van der Waals surface area contributed by atoms with Crippen molar-refractivity contribution in [2.24, 2.45) is 0 Å². The zero-order valence-corrected chi connectivity index (χ0v) is 14.0. The first-order valence-corrected chi connectivity index (χ1v) is 7.39. The molecule has 5 heteroatoms. The van der Waals surface area contributed by atoms with Crippen molar-refractivity contribution in [1.29, 1.82) is 0 Å². The highest BCUT2D eigenvalue weighted by Crippen LogP contribution is 2.33. The van der Waals surface area contributed by atoms with Crippen LogP contribution in [0.1, 0.15) is 26.3 Å². The molecule has 0 N–H and O–H groups in total. The molecule has 1 aliphatic rings. The van der Waals surface area contributed by atoms with Crippen molar-refractivity contribution in [1.82, 2.24) is 4.90 Å². The number of rotatable bonds is 4. The second kappa shape index (κ2) is 6.69. The Labute approximate surface area is 136 Å². The van der Waals surface area contributed by atoms with Crippen LogP contribution in [0.5, 0.6) is 5.75 Å². The third kappa shape index (κ3) is 3.13. The van der Waals surface area contributed by atoms with Gasteiger partial charge in [-0.2, -0.15) is 0 Å². The van der Waals surface area contributed by atoms with Crippen LogP contribution in [0.4, 0.5) is 0 Å². The summed E-state index contributed by atoms with van der Waals surface area (Å²) in [5.74, 6) is 0.0427. The van der Waals surface area contributed by atoms with E-state index in [0.29, 0.717) is 16.8 Å².